The number of nitrogens with zero attached hydrogens (tertiary/aromatic N) is 1. The molecule has 1 saturated heterocycles. The molecule has 3 heteroatoms. The van der Waals surface area contributed by atoms with Crippen molar-refractivity contribution in [3.05, 3.63) is 0 Å². The molecule has 1 aliphatic rings. The number of hydrogen-bond donors (Lipinski definition) is 1. The van der Waals surface area contributed by atoms with Crippen LogP contribution in [0.25, 0.3) is 0 Å². The fourth-order valence-electron chi connectivity index (χ4n) is 1.75. The van der Waals surface area contributed by atoms with Gasteiger partial charge in [-0.05, 0) is 40.8 Å². The fourth-order valence-corrected chi connectivity index (χ4v) is 1.75. The van der Waals surface area contributed by atoms with E-state index in [-0.39, 0.29) is 5.60 Å². The minimum Gasteiger partial charge on any atom is -0.375 e. The average molecular weight is 200 g/mol. The zero-order chi connectivity index (χ0) is 10.6. The predicted octanol–water partition coefficient (Wildman–Crippen LogP) is 1.10. The zero-order valence-corrected chi connectivity index (χ0v) is 9.97. The van der Waals surface area contributed by atoms with Crippen LogP contribution in [0, 0.1) is 0 Å². The molecule has 1 aliphatic heterocycles. The predicted molar refractivity (Wildman–Crippen MR) is 59.6 cm³/mol. The third kappa shape index (κ3) is 4.40. The number of rotatable bonds is 4. The van der Waals surface area contributed by atoms with Crippen molar-refractivity contribution in [2.24, 2.45) is 0 Å². The molecule has 0 saturated carbocycles. The van der Waals surface area contributed by atoms with Crippen LogP contribution in [0.2, 0.25) is 0 Å². The van der Waals surface area contributed by atoms with E-state index in [0.29, 0.717) is 6.04 Å². The van der Waals surface area contributed by atoms with Crippen LogP contribution in [-0.4, -0.2) is 49.8 Å². The second-order valence-electron chi connectivity index (χ2n) is 5.04. The summed E-state index contributed by atoms with van der Waals surface area (Å²) in [5, 5.41) is 3.32. The Labute approximate surface area is 87.8 Å². The van der Waals surface area contributed by atoms with Gasteiger partial charge < -0.3 is 10.1 Å². The van der Waals surface area contributed by atoms with Gasteiger partial charge in [-0.25, -0.2) is 0 Å². The summed E-state index contributed by atoms with van der Waals surface area (Å²) in [5.41, 5.74) is 0.00212. The lowest BCUT2D eigenvalue weighted by Crippen LogP contribution is -2.32. The smallest absolute Gasteiger partial charge is 0.0600 e. The van der Waals surface area contributed by atoms with Crippen molar-refractivity contribution in [2.45, 2.75) is 38.8 Å². The normalized spacial score (nSPS) is 24.4. The summed E-state index contributed by atoms with van der Waals surface area (Å²) in [6.45, 7) is 10.6. The largest absolute Gasteiger partial charge is 0.375 e. The maximum atomic E-state index is 5.70. The van der Waals surface area contributed by atoms with Crippen molar-refractivity contribution in [1.82, 2.24) is 10.2 Å². The van der Waals surface area contributed by atoms with Crippen LogP contribution < -0.4 is 5.32 Å². The highest BCUT2D eigenvalue weighted by molar-refractivity contribution is 4.79. The Morgan fingerprint density at radius 2 is 2.14 bits per heavy atom. The molecule has 0 bridgehead atoms. The molecule has 84 valence electrons. The molecule has 1 heterocycles. The quantitative estimate of drug-likeness (QED) is 0.735. The van der Waals surface area contributed by atoms with Gasteiger partial charge in [0.1, 0.15) is 0 Å². The van der Waals surface area contributed by atoms with Crippen LogP contribution in [0.5, 0.6) is 0 Å². The maximum absolute atomic E-state index is 5.70. The SMILES string of the molecule is CNC1CCN(CCOC(C)(C)C)C1. The molecule has 0 spiro atoms. The van der Waals surface area contributed by atoms with Crippen LogP contribution in [0.3, 0.4) is 0 Å². The van der Waals surface area contributed by atoms with E-state index in [0.717, 1.165) is 13.2 Å². The minimum atomic E-state index is 0.00212. The third-order valence-electron chi connectivity index (χ3n) is 2.62. The lowest BCUT2D eigenvalue weighted by atomic mass is 10.2. The topological polar surface area (TPSA) is 24.5 Å². The van der Waals surface area contributed by atoms with Crippen LogP contribution in [-0.2, 0) is 4.74 Å². The molecule has 1 N–H and O–H groups in total. The Hall–Kier alpha value is -0.120. The Bertz CT molecular complexity index is 165. The highest BCUT2D eigenvalue weighted by Gasteiger charge is 2.20. The van der Waals surface area contributed by atoms with Gasteiger partial charge >= 0.3 is 0 Å². The molecule has 14 heavy (non-hydrogen) atoms. The molecular weight excluding hydrogens is 176 g/mol. The Balaban J connectivity index is 2.09. The lowest BCUT2D eigenvalue weighted by Gasteiger charge is -2.22. The lowest BCUT2D eigenvalue weighted by molar-refractivity contribution is -0.0111. The molecule has 0 amide bonds. The molecule has 0 aromatic carbocycles. The van der Waals surface area contributed by atoms with Crippen molar-refractivity contribution >= 4 is 0 Å². The Kier molecular flexibility index (Phi) is 4.35. The average Bonchev–Trinajstić information content (AvgIpc) is 2.50. The van der Waals surface area contributed by atoms with Gasteiger partial charge in [-0.2, -0.15) is 0 Å². The molecule has 0 radical (unpaired) electrons. The number of hydrogen-bond acceptors (Lipinski definition) is 3. The first-order valence-electron chi connectivity index (χ1n) is 5.55. The van der Waals surface area contributed by atoms with E-state index in [1.807, 2.05) is 7.05 Å². The van der Waals surface area contributed by atoms with Crippen LogP contribution in [0.4, 0.5) is 0 Å². The maximum Gasteiger partial charge on any atom is 0.0600 e. The number of likely N-dealkylation sites (tertiary alicyclic amines) is 1. The fraction of sp³-hybridized carbons (Fsp3) is 1.00. The van der Waals surface area contributed by atoms with Gasteiger partial charge in [0, 0.05) is 19.1 Å². The molecule has 3 nitrogen and oxygen atoms in total. The van der Waals surface area contributed by atoms with E-state index in [9.17, 15) is 0 Å². The summed E-state index contributed by atoms with van der Waals surface area (Å²) in [6, 6.07) is 0.685. The van der Waals surface area contributed by atoms with Crippen LogP contribution in [0.1, 0.15) is 27.2 Å². The first-order valence-corrected chi connectivity index (χ1v) is 5.55. The summed E-state index contributed by atoms with van der Waals surface area (Å²) in [7, 11) is 2.04. The summed E-state index contributed by atoms with van der Waals surface area (Å²) in [5.74, 6) is 0. The van der Waals surface area contributed by atoms with Gasteiger partial charge in [0.05, 0.1) is 12.2 Å². The highest BCUT2D eigenvalue weighted by Crippen LogP contribution is 2.10. The molecule has 1 atom stereocenters. The van der Waals surface area contributed by atoms with Crippen molar-refractivity contribution in [2.75, 3.05) is 33.3 Å². The monoisotopic (exact) mass is 200 g/mol. The van der Waals surface area contributed by atoms with Crippen LogP contribution >= 0.6 is 0 Å². The Morgan fingerprint density at radius 1 is 1.43 bits per heavy atom. The number of nitrogens with one attached hydrogen (secondary N) is 1. The molecule has 1 rings (SSSR count). The van der Waals surface area contributed by atoms with Gasteiger partial charge in [0.25, 0.3) is 0 Å². The van der Waals surface area contributed by atoms with Crippen molar-refractivity contribution < 1.29 is 4.74 Å². The number of ether oxygens (including phenoxy) is 1. The first-order chi connectivity index (χ1) is 6.51. The second kappa shape index (κ2) is 5.10. The second-order valence-corrected chi connectivity index (χ2v) is 5.04. The van der Waals surface area contributed by atoms with Gasteiger partial charge in [0.15, 0.2) is 0 Å². The van der Waals surface area contributed by atoms with Crippen molar-refractivity contribution in [3.8, 4) is 0 Å². The highest BCUT2D eigenvalue weighted by atomic mass is 16.5. The van der Waals surface area contributed by atoms with Gasteiger partial charge in [-0.3, -0.25) is 4.90 Å². The number of likely N-dealkylation sites (N-methyl/N-ethyl adjacent to an activating group) is 1. The van der Waals surface area contributed by atoms with E-state index in [4.69, 9.17) is 4.74 Å². The molecule has 0 aromatic heterocycles. The zero-order valence-electron chi connectivity index (χ0n) is 9.97. The molecule has 0 aliphatic carbocycles. The Morgan fingerprint density at radius 3 is 2.64 bits per heavy atom. The standard InChI is InChI=1S/C11H24N2O/c1-11(2,3)14-8-7-13-6-5-10(9-13)12-4/h10,12H,5-9H2,1-4H3. The molecular formula is C11H24N2O. The van der Waals surface area contributed by atoms with E-state index < -0.39 is 0 Å². The first kappa shape index (κ1) is 12.0. The van der Waals surface area contributed by atoms with Gasteiger partial charge in [-0.15, -0.1) is 0 Å². The van der Waals surface area contributed by atoms with Crippen molar-refractivity contribution in [1.29, 1.82) is 0 Å². The minimum absolute atomic E-state index is 0.00212. The van der Waals surface area contributed by atoms with Gasteiger partial charge in [0.2, 0.25) is 0 Å². The summed E-state index contributed by atoms with van der Waals surface area (Å²) < 4.78 is 5.70. The van der Waals surface area contributed by atoms with E-state index in [1.165, 1.54) is 19.5 Å². The van der Waals surface area contributed by atoms with E-state index in [2.05, 4.69) is 31.0 Å². The molecule has 0 aromatic rings. The van der Waals surface area contributed by atoms with Gasteiger partial charge in [-0.1, -0.05) is 0 Å². The third-order valence-corrected chi connectivity index (χ3v) is 2.62. The van der Waals surface area contributed by atoms with E-state index >= 15 is 0 Å². The van der Waals surface area contributed by atoms with E-state index in [1.54, 1.807) is 0 Å². The summed E-state index contributed by atoms with van der Waals surface area (Å²) in [6.07, 6.45) is 1.27. The molecule has 1 unspecified atom stereocenters. The summed E-state index contributed by atoms with van der Waals surface area (Å²) >= 11 is 0. The molecule has 1 fully saturated rings. The van der Waals surface area contributed by atoms with Crippen molar-refractivity contribution in [3.63, 3.8) is 0 Å². The summed E-state index contributed by atoms with van der Waals surface area (Å²) in [4.78, 5) is 2.47. The van der Waals surface area contributed by atoms with Crippen LogP contribution in [0.15, 0.2) is 0 Å².